The van der Waals surface area contributed by atoms with E-state index in [1.54, 1.807) is 7.05 Å². The fraction of sp³-hybridized carbons (Fsp3) is 0.640. The quantitative estimate of drug-likeness (QED) is 0.507. The van der Waals surface area contributed by atoms with Crippen LogP contribution in [0.5, 0.6) is 0 Å². The molecule has 4 aliphatic rings. The molecule has 3 heterocycles. The Labute approximate surface area is 194 Å². The van der Waals surface area contributed by atoms with Gasteiger partial charge in [-0.1, -0.05) is 31.4 Å². The first-order valence-electron chi connectivity index (χ1n) is 11.9. The first-order valence-corrected chi connectivity index (χ1v) is 12.8. The molecule has 172 valence electrons. The summed E-state index contributed by atoms with van der Waals surface area (Å²) in [5, 5.41) is 0.683. The summed E-state index contributed by atoms with van der Waals surface area (Å²) in [6, 6.07) is 8.22. The third kappa shape index (κ3) is 3.23. The number of hydrogen-bond donors (Lipinski definition) is 0. The van der Waals surface area contributed by atoms with Crippen LogP contribution in [0.1, 0.15) is 63.0 Å². The van der Waals surface area contributed by atoms with Crippen molar-refractivity contribution in [3.63, 3.8) is 0 Å². The number of nitrogens with zero attached hydrogens (tertiary/aromatic N) is 2. The number of thioether (sulfide) groups is 1. The molecular formula is C25H32N2O4S. The van der Waals surface area contributed by atoms with E-state index in [0.717, 1.165) is 18.4 Å². The van der Waals surface area contributed by atoms with Crippen molar-refractivity contribution in [2.75, 3.05) is 20.7 Å². The number of benzene rings is 1. The van der Waals surface area contributed by atoms with Crippen LogP contribution in [0, 0.1) is 11.8 Å². The number of hydrogen-bond acceptors (Lipinski definition) is 6. The van der Waals surface area contributed by atoms with Crippen LogP contribution >= 0.6 is 11.8 Å². The monoisotopic (exact) mass is 456 g/mol. The number of esters is 1. The van der Waals surface area contributed by atoms with Crippen molar-refractivity contribution < 1.29 is 19.1 Å². The average molecular weight is 457 g/mol. The maximum Gasteiger partial charge on any atom is 0.327 e. The topological polar surface area (TPSA) is 66.9 Å². The number of methoxy groups -OCH3 is 1. The second-order valence-electron chi connectivity index (χ2n) is 9.70. The van der Waals surface area contributed by atoms with Crippen LogP contribution in [0.3, 0.4) is 0 Å². The van der Waals surface area contributed by atoms with E-state index < -0.39 is 17.4 Å². The SMILES string of the molecule is COC(=O)[C@@]12CCCCN1[C@H](c1ccc(SC3CCCCC3)cc1)[C@@H]1C(=O)N(C)C(=O)[C@@H]12. The number of rotatable bonds is 4. The number of piperidine rings is 1. The third-order valence-electron chi connectivity index (χ3n) is 8.10. The zero-order chi connectivity index (χ0) is 22.5. The van der Waals surface area contributed by atoms with E-state index in [1.165, 1.54) is 49.0 Å². The Morgan fingerprint density at radius 3 is 2.44 bits per heavy atom. The molecule has 0 unspecified atom stereocenters. The summed E-state index contributed by atoms with van der Waals surface area (Å²) in [5.41, 5.74) is -0.0351. The van der Waals surface area contributed by atoms with Crippen molar-refractivity contribution in [2.45, 2.75) is 73.1 Å². The maximum absolute atomic E-state index is 13.2. The molecule has 1 aromatic carbocycles. The first kappa shape index (κ1) is 22.0. The van der Waals surface area contributed by atoms with Gasteiger partial charge in [0.1, 0.15) is 5.54 Å². The number of likely N-dealkylation sites (tertiary alicyclic amines) is 1. The molecule has 1 aromatic rings. The predicted octanol–water partition coefficient (Wildman–Crippen LogP) is 3.79. The van der Waals surface area contributed by atoms with Crippen LogP contribution in [0.25, 0.3) is 0 Å². The molecule has 0 bridgehead atoms. The van der Waals surface area contributed by atoms with E-state index in [0.29, 0.717) is 18.2 Å². The van der Waals surface area contributed by atoms with Crippen LogP contribution < -0.4 is 0 Å². The minimum absolute atomic E-state index is 0.177. The van der Waals surface area contributed by atoms with Crippen molar-refractivity contribution in [2.24, 2.45) is 11.8 Å². The summed E-state index contributed by atoms with van der Waals surface area (Å²) in [5.74, 6) is -2.01. The molecular weight excluding hydrogens is 424 g/mol. The highest BCUT2D eigenvalue weighted by atomic mass is 32.2. The number of fused-ring (bicyclic) bond motifs is 3. The fourth-order valence-corrected chi connectivity index (χ4v) is 7.87. The van der Waals surface area contributed by atoms with Crippen LogP contribution in [-0.2, 0) is 19.1 Å². The number of imide groups is 1. The van der Waals surface area contributed by atoms with Crippen molar-refractivity contribution in [3.8, 4) is 0 Å². The van der Waals surface area contributed by atoms with E-state index in [4.69, 9.17) is 4.74 Å². The summed E-state index contributed by atoms with van der Waals surface area (Å²) < 4.78 is 5.24. The van der Waals surface area contributed by atoms with Crippen LogP contribution in [0.15, 0.2) is 29.2 Å². The highest BCUT2D eigenvalue weighted by molar-refractivity contribution is 8.00. The molecule has 32 heavy (non-hydrogen) atoms. The number of carbonyl (C=O) groups is 3. The Kier molecular flexibility index (Phi) is 5.82. The Morgan fingerprint density at radius 1 is 1.03 bits per heavy atom. The summed E-state index contributed by atoms with van der Waals surface area (Å²) in [7, 11) is 2.93. The molecule has 3 saturated heterocycles. The maximum atomic E-state index is 13.2. The van der Waals surface area contributed by atoms with Gasteiger partial charge < -0.3 is 4.74 Å². The molecule has 4 fully saturated rings. The average Bonchev–Trinajstić information content (AvgIpc) is 3.26. The van der Waals surface area contributed by atoms with Gasteiger partial charge in [0, 0.05) is 23.2 Å². The molecule has 1 aliphatic carbocycles. The van der Waals surface area contributed by atoms with E-state index in [-0.39, 0.29) is 23.8 Å². The standard InChI is InChI=1S/C25H32N2O4S/c1-26-22(28)19-20(23(26)29)25(24(30)31-2)14-6-7-15-27(25)21(19)16-10-12-18(13-11-16)32-17-8-4-3-5-9-17/h10-13,17,19-21H,3-9,14-15H2,1-2H3/t19-,20-,21-,25+/m1/s1. The molecule has 3 aliphatic heterocycles. The molecule has 5 rings (SSSR count). The van der Waals surface area contributed by atoms with Crippen LogP contribution in [-0.4, -0.2) is 59.1 Å². The first-order chi connectivity index (χ1) is 15.5. The highest BCUT2D eigenvalue weighted by Crippen LogP contribution is 2.58. The highest BCUT2D eigenvalue weighted by Gasteiger charge is 2.72. The van der Waals surface area contributed by atoms with Crippen molar-refractivity contribution >= 4 is 29.5 Å². The number of carbonyl (C=O) groups excluding carboxylic acids is 3. The van der Waals surface area contributed by atoms with Gasteiger partial charge in [0.05, 0.1) is 18.9 Å². The van der Waals surface area contributed by atoms with Gasteiger partial charge in [0.25, 0.3) is 0 Å². The molecule has 7 heteroatoms. The molecule has 6 nitrogen and oxygen atoms in total. The lowest BCUT2D eigenvalue weighted by Gasteiger charge is -2.44. The van der Waals surface area contributed by atoms with Gasteiger partial charge in [-0.2, -0.15) is 0 Å². The summed E-state index contributed by atoms with van der Waals surface area (Å²) in [4.78, 5) is 44.2. The smallest absolute Gasteiger partial charge is 0.327 e. The third-order valence-corrected chi connectivity index (χ3v) is 9.45. The normalized spacial score (nSPS) is 33.3. The number of ether oxygens (including phenoxy) is 1. The lowest BCUT2D eigenvalue weighted by molar-refractivity contribution is -0.163. The molecule has 0 spiro atoms. The Hall–Kier alpha value is -1.86. The Bertz CT molecular complexity index is 913. The Balaban J connectivity index is 1.50. The van der Waals surface area contributed by atoms with Gasteiger partial charge in [-0.05, 0) is 56.3 Å². The van der Waals surface area contributed by atoms with Gasteiger partial charge in [-0.25, -0.2) is 0 Å². The zero-order valence-corrected chi connectivity index (χ0v) is 19.7. The van der Waals surface area contributed by atoms with E-state index in [1.807, 2.05) is 11.8 Å². The molecule has 4 atom stereocenters. The van der Waals surface area contributed by atoms with E-state index in [2.05, 4.69) is 29.2 Å². The summed E-state index contributed by atoms with van der Waals surface area (Å²) in [6.07, 6.45) is 8.88. The van der Waals surface area contributed by atoms with E-state index >= 15 is 0 Å². The summed E-state index contributed by atoms with van der Waals surface area (Å²) >= 11 is 1.95. The lowest BCUT2D eigenvalue weighted by Crippen LogP contribution is -2.59. The second kappa shape index (κ2) is 8.49. The lowest BCUT2D eigenvalue weighted by atomic mass is 9.75. The molecule has 1 saturated carbocycles. The second-order valence-corrected chi connectivity index (χ2v) is 11.1. The molecule has 0 N–H and O–H groups in total. The molecule has 0 radical (unpaired) electrons. The van der Waals surface area contributed by atoms with Gasteiger partial charge >= 0.3 is 5.97 Å². The Morgan fingerprint density at radius 2 is 1.75 bits per heavy atom. The van der Waals surface area contributed by atoms with Gasteiger partial charge in [-0.3, -0.25) is 24.2 Å². The number of amides is 2. The summed E-state index contributed by atoms with van der Waals surface area (Å²) in [6.45, 7) is 0.690. The van der Waals surface area contributed by atoms with Gasteiger partial charge in [0.15, 0.2) is 0 Å². The van der Waals surface area contributed by atoms with Crippen molar-refractivity contribution in [1.29, 1.82) is 0 Å². The largest absolute Gasteiger partial charge is 0.468 e. The van der Waals surface area contributed by atoms with E-state index in [9.17, 15) is 14.4 Å². The van der Waals surface area contributed by atoms with Gasteiger partial charge in [-0.15, -0.1) is 11.8 Å². The van der Waals surface area contributed by atoms with Crippen LogP contribution in [0.4, 0.5) is 0 Å². The van der Waals surface area contributed by atoms with Crippen molar-refractivity contribution in [1.82, 2.24) is 9.80 Å². The molecule has 0 aromatic heterocycles. The molecule has 2 amide bonds. The van der Waals surface area contributed by atoms with Crippen LogP contribution in [0.2, 0.25) is 0 Å². The van der Waals surface area contributed by atoms with Gasteiger partial charge in [0.2, 0.25) is 11.8 Å². The predicted molar refractivity (Wildman–Crippen MR) is 122 cm³/mol. The van der Waals surface area contributed by atoms with Crippen molar-refractivity contribution in [3.05, 3.63) is 29.8 Å². The minimum Gasteiger partial charge on any atom is -0.468 e. The fourth-order valence-electron chi connectivity index (χ4n) is 6.62. The zero-order valence-electron chi connectivity index (χ0n) is 18.9. The minimum atomic E-state index is -1.05.